The van der Waals surface area contributed by atoms with Crippen molar-refractivity contribution in [1.82, 2.24) is 9.38 Å². The molecule has 1 aromatic carbocycles. The summed E-state index contributed by atoms with van der Waals surface area (Å²) >= 11 is 5.81. The van der Waals surface area contributed by atoms with Gasteiger partial charge in [0.15, 0.2) is 0 Å². The van der Waals surface area contributed by atoms with E-state index in [1.54, 1.807) is 19.2 Å². The molecule has 0 atom stereocenters. The normalized spacial score (nSPS) is 11.0. The van der Waals surface area contributed by atoms with Gasteiger partial charge in [-0.25, -0.2) is 9.78 Å². The number of halogens is 1. The Labute approximate surface area is 161 Å². The average molecular weight is 381 g/mol. The molecule has 4 aromatic rings. The third-order valence-corrected chi connectivity index (χ3v) is 4.51. The van der Waals surface area contributed by atoms with E-state index in [-0.39, 0.29) is 5.97 Å². The van der Waals surface area contributed by atoms with Crippen molar-refractivity contribution in [1.29, 1.82) is 0 Å². The Bertz CT molecular complexity index is 1120. The first kappa shape index (κ1) is 17.4. The third kappa shape index (κ3) is 3.34. The highest BCUT2D eigenvalue weighted by molar-refractivity contribution is 6.29. The molecule has 0 aliphatic rings. The topological polar surface area (TPSA) is 52.8 Å². The molecular weight excluding hydrogens is 364 g/mol. The van der Waals surface area contributed by atoms with E-state index in [1.807, 2.05) is 53.1 Å². The van der Waals surface area contributed by atoms with Crippen molar-refractivity contribution in [2.24, 2.45) is 0 Å². The van der Waals surface area contributed by atoms with Gasteiger partial charge in [-0.1, -0.05) is 23.7 Å². The van der Waals surface area contributed by atoms with Crippen LogP contribution in [0.5, 0.6) is 5.75 Å². The number of ether oxygens (including phenoxy) is 2. The lowest BCUT2D eigenvalue weighted by Crippen LogP contribution is -2.04. The zero-order chi connectivity index (χ0) is 18.8. The molecule has 0 unspecified atom stereocenters. The highest BCUT2D eigenvalue weighted by Gasteiger charge is 2.19. The molecular formula is C21H17ClN2O3. The van der Waals surface area contributed by atoms with Crippen LogP contribution in [0.4, 0.5) is 0 Å². The van der Waals surface area contributed by atoms with Gasteiger partial charge in [0.25, 0.3) is 0 Å². The quantitative estimate of drug-likeness (QED) is 0.365. The highest BCUT2D eigenvalue weighted by Crippen LogP contribution is 2.30. The van der Waals surface area contributed by atoms with Gasteiger partial charge in [0.2, 0.25) is 0 Å². The first-order valence-electron chi connectivity index (χ1n) is 8.60. The zero-order valence-corrected chi connectivity index (χ0v) is 15.4. The number of nitrogens with zero attached hydrogens (tertiary/aromatic N) is 2. The summed E-state index contributed by atoms with van der Waals surface area (Å²) in [7, 11) is 0. The van der Waals surface area contributed by atoms with Gasteiger partial charge in [-0.05, 0) is 37.3 Å². The number of pyridine rings is 2. The molecule has 6 heteroatoms. The van der Waals surface area contributed by atoms with Crippen LogP contribution in [-0.2, 0) is 11.3 Å². The number of hydrogen-bond acceptors (Lipinski definition) is 4. The summed E-state index contributed by atoms with van der Waals surface area (Å²) in [6.07, 6.45) is 3.61. The predicted octanol–water partition coefficient (Wildman–Crippen LogP) is 4.90. The fourth-order valence-corrected chi connectivity index (χ4v) is 3.19. The van der Waals surface area contributed by atoms with E-state index in [0.29, 0.717) is 29.7 Å². The molecule has 3 heterocycles. The smallest absolute Gasteiger partial charge is 0.340 e. The van der Waals surface area contributed by atoms with Gasteiger partial charge in [0.05, 0.1) is 23.2 Å². The van der Waals surface area contributed by atoms with Gasteiger partial charge >= 0.3 is 5.97 Å². The van der Waals surface area contributed by atoms with E-state index in [0.717, 1.165) is 22.0 Å². The van der Waals surface area contributed by atoms with Gasteiger partial charge < -0.3 is 13.9 Å². The van der Waals surface area contributed by atoms with E-state index in [9.17, 15) is 4.79 Å². The number of fused-ring (bicyclic) bond motifs is 3. The fourth-order valence-electron chi connectivity index (χ4n) is 3.08. The Kier molecular flexibility index (Phi) is 4.69. The van der Waals surface area contributed by atoms with Gasteiger partial charge in [-0.15, -0.1) is 0 Å². The maximum atomic E-state index is 12.5. The minimum absolute atomic E-state index is 0.322. The molecule has 0 saturated heterocycles. The molecule has 0 bridgehead atoms. The van der Waals surface area contributed by atoms with Crippen molar-refractivity contribution in [3.8, 4) is 5.75 Å². The van der Waals surface area contributed by atoms with Crippen molar-refractivity contribution < 1.29 is 14.3 Å². The van der Waals surface area contributed by atoms with E-state index in [4.69, 9.17) is 21.1 Å². The minimum atomic E-state index is -0.322. The van der Waals surface area contributed by atoms with E-state index in [2.05, 4.69) is 4.98 Å². The van der Waals surface area contributed by atoms with Crippen LogP contribution in [-0.4, -0.2) is 22.0 Å². The molecule has 0 amide bonds. The average Bonchev–Trinajstić information content (AvgIpc) is 3.02. The van der Waals surface area contributed by atoms with Crippen LogP contribution >= 0.6 is 11.6 Å². The Morgan fingerprint density at radius 3 is 2.81 bits per heavy atom. The van der Waals surface area contributed by atoms with Crippen LogP contribution in [0.2, 0.25) is 5.15 Å². The Balaban J connectivity index is 1.72. The van der Waals surface area contributed by atoms with Crippen molar-refractivity contribution >= 4 is 34.0 Å². The van der Waals surface area contributed by atoms with Crippen molar-refractivity contribution in [3.05, 3.63) is 77.2 Å². The maximum absolute atomic E-state index is 12.5. The molecule has 27 heavy (non-hydrogen) atoms. The van der Waals surface area contributed by atoms with Crippen molar-refractivity contribution in [2.45, 2.75) is 13.5 Å². The number of rotatable bonds is 5. The highest BCUT2D eigenvalue weighted by atomic mass is 35.5. The molecule has 0 fully saturated rings. The maximum Gasteiger partial charge on any atom is 0.340 e. The van der Waals surface area contributed by atoms with E-state index < -0.39 is 0 Å². The van der Waals surface area contributed by atoms with Crippen LogP contribution in [0.25, 0.3) is 16.4 Å². The Morgan fingerprint density at radius 2 is 2.04 bits per heavy atom. The Hall–Kier alpha value is -3.05. The second kappa shape index (κ2) is 7.29. The standard InChI is InChI=1S/C21H17ClN2O3/c1-2-26-21(25)20-16-8-7-15(27-13-14-6-9-19(22)23-12-14)11-18(16)24-10-4-3-5-17(20)24/h3-12H,2,13H2,1H3. The van der Waals surface area contributed by atoms with Crippen molar-refractivity contribution in [2.75, 3.05) is 6.61 Å². The Morgan fingerprint density at radius 1 is 1.15 bits per heavy atom. The number of carbonyl (C=O) groups is 1. The molecule has 0 aliphatic heterocycles. The van der Waals surface area contributed by atoms with Gasteiger partial charge in [0.1, 0.15) is 17.5 Å². The lowest BCUT2D eigenvalue weighted by atomic mass is 10.1. The third-order valence-electron chi connectivity index (χ3n) is 4.29. The second-order valence-electron chi connectivity index (χ2n) is 6.01. The van der Waals surface area contributed by atoms with Crippen LogP contribution in [0, 0.1) is 0 Å². The van der Waals surface area contributed by atoms with Crippen LogP contribution in [0.15, 0.2) is 60.9 Å². The summed E-state index contributed by atoms with van der Waals surface area (Å²) in [6.45, 7) is 2.51. The number of benzene rings is 1. The summed E-state index contributed by atoms with van der Waals surface area (Å²) in [5, 5.41) is 1.28. The van der Waals surface area contributed by atoms with Gasteiger partial charge in [-0.2, -0.15) is 0 Å². The zero-order valence-electron chi connectivity index (χ0n) is 14.7. The van der Waals surface area contributed by atoms with E-state index in [1.165, 1.54) is 0 Å². The summed E-state index contributed by atoms with van der Waals surface area (Å²) < 4.78 is 13.1. The van der Waals surface area contributed by atoms with Crippen LogP contribution in [0.3, 0.4) is 0 Å². The monoisotopic (exact) mass is 380 g/mol. The lowest BCUT2D eigenvalue weighted by Gasteiger charge is -2.07. The number of carbonyl (C=O) groups excluding carboxylic acids is 1. The lowest BCUT2D eigenvalue weighted by molar-refractivity contribution is 0.0531. The second-order valence-corrected chi connectivity index (χ2v) is 6.40. The number of hydrogen-bond donors (Lipinski definition) is 0. The molecule has 0 N–H and O–H groups in total. The summed E-state index contributed by atoms with van der Waals surface area (Å²) in [6, 6.07) is 15.0. The predicted molar refractivity (Wildman–Crippen MR) is 104 cm³/mol. The van der Waals surface area contributed by atoms with Crippen LogP contribution in [0.1, 0.15) is 22.8 Å². The summed E-state index contributed by atoms with van der Waals surface area (Å²) in [5.41, 5.74) is 3.19. The summed E-state index contributed by atoms with van der Waals surface area (Å²) in [4.78, 5) is 16.5. The van der Waals surface area contributed by atoms with E-state index >= 15 is 0 Å². The molecule has 0 aliphatic carbocycles. The van der Waals surface area contributed by atoms with Crippen molar-refractivity contribution in [3.63, 3.8) is 0 Å². The fraction of sp³-hybridized carbons (Fsp3) is 0.143. The number of esters is 1. The first-order valence-corrected chi connectivity index (χ1v) is 8.98. The molecule has 4 rings (SSSR count). The molecule has 3 aromatic heterocycles. The molecule has 0 spiro atoms. The largest absolute Gasteiger partial charge is 0.489 e. The molecule has 5 nitrogen and oxygen atoms in total. The number of aromatic nitrogens is 2. The van der Waals surface area contributed by atoms with Crippen LogP contribution < -0.4 is 4.74 Å². The first-order chi connectivity index (χ1) is 13.2. The molecule has 0 saturated carbocycles. The molecule has 0 radical (unpaired) electrons. The minimum Gasteiger partial charge on any atom is -0.489 e. The van der Waals surface area contributed by atoms with Gasteiger partial charge in [0, 0.05) is 29.4 Å². The SMILES string of the molecule is CCOC(=O)c1c2ccc(OCc3ccc(Cl)nc3)cc2n2ccccc12. The molecule has 136 valence electrons. The van der Waals surface area contributed by atoms with Gasteiger partial charge in [-0.3, -0.25) is 0 Å². The summed E-state index contributed by atoms with van der Waals surface area (Å²) in [5.74, 6) is 0.383.